The normalized spacial score (nSPS) is 23.3. The van der Waals surface area contributed by atoms with Crippen molar-refractivity contribution in [3.63, 3.8) is 0 Å². The van der Waals surface area contributed by atoms with Crippen molar-refractivity contribution >= 4 is 23.5 Å². The van der Waals surface area contributed by atoms with Crippen molar-refractivity contribution in [2.24, 2.45) is 0 Å². The third-order valence-corrected chi connectivity index (χ3v) is 7.09. The summed E-state index contributed by atoms with van der Waals surface area (Å²) >= 11 is 0. The van der Waals surface area contributed by atoms with Gasteiger partial charge in [-0.2, -0.15) is 0 Å². The van der Waals surface area contributed by atoms with Gasteiger partial charge < -0.3 is 34.2 Å². The minimum absolute atomic E-state index is 0.0271. The largest absolute Gasteiger partial charge is 0.495 e. The number of nitrogens with zero attached hydrogens (tertiary/aromatic N) is 3. The van der Waals surface area contributed by atoms with Crippen LogP contribution in [0.4, 0.5) is 5.69 Å². The van der Waals surface area contributed by atoms with E-state index in [1.165, 1.54) is 0 Å². The number of anilines is 1. The molecule has 0 aliphatic carbocycles. The van der Waals surface area contributed by atoms with Crippen LogP contribution in [0.25, 0.3) is 0 Å². The van der Waals surface area contributed by atoms with Crippen LogP contribution in [0, 0.1) is 0 Å². The minimum Gasteiger partial charge on any atom is -0.495 e. The van der Waals surface area contributed by atoms with E-state index in [9.17, 15) is 4.79 Å². The van der Waals surface area contributed by atoms with E-state index in [1.54, 1.807) is 7.11 Å². The summed E-state index contributed by atoms with van der Waals surface area (Å²) in [5.74, 6) is -3.42. The van der Waals surface area contributed by atoms with E-state index in [2.05, 4.69) is 21.9 Å². The van der Waals surface area contributed by atoms with E-state index in [0.717, 1.165) is 62.7 Å². The van der Waals surface area contributed by atoms with Crippen LogP contribution >= 0.6 is 0 Å². The Balaban J connectivity index is 0.000000531. The van der Waals surface area contributed by atoms with Crippen LogP contribution in [-0.2, 0) is 29.6 Å². The molecule has 0 unspecified atom stereocenters. The smallest absolute Gasteiger partial charge is 0.414 e. The van der Waals surface area contributed by atoms with Gasteiger partial charge in [0.2, 0.25) is 11.7 Å². The van der Waals surface area contributed by atoms with Crippen LogP contribution in [0.2, 0.25) is 0 Å². The van der Waals surface area contributed by atoms with Crippen LogP contribution in [0.5, 0.6) is 5.75 Å². The number of hydrogen-bond donors (Lipinski definition) is 2. The van der Waals surface area contributed by atoms with E-state index < -0.39 is 17.7 Å². The maximum atomic E-state index is 12.3. The first kappa shape index (κ1) is 28.3. The number of amides is 1. The predicted octanol–water partition coefficient (Wildman–Crippen LogP) is 1.86. The van der Waals surface area contributed by atoms with Gasteiger partial charge in [0.25, 0.3) is 0 Å². The topological polar surface area (TPSA) is 129 Å². The van der Waals surface area contributed by atoms with Gasteiger partial charge in [0.1, 0.15) is 5.75 Å². The number of carboxylic acids is 2. The van der Waals surface area contributed by atoms with Gasteiger partial charge in [-0.3, -0.25) is 9.69 Å². The fourth-order valence-electron chi connectivity index (χ4n) is 5.15. The lowest BCUT2D eigenvalue weighted by Crippen LogP contribution is -2.49. The van der Waals surface area contributed by atoms with E-state index in [-0.39, 0.29) is 12.0 Å². The number of carbonyl (C=O) groups is 3. The zero-order chi connectivity index (χ0) is 27.8. The number of likely N-dealkylation sites (tertiary alicyclic amines) is 1. The summed E-state index contributed by atoms with van der Waals surface area (Å²) in [5, 5.41) is 14.8. The Morgan fingerprint density at radius 2 is 1.64 bits per heavy atom. The molecule has 3 saturated heterocycles. The van der Waals surface area contributed by atoms with E-state index in [4.69, 9.17) is 34.0 Å². The third kappa shape index (κ3) is 7.05. The molecule has 2 N–H and O–H groups in total. The van der Waals surface area contributed by atoms with Crippen LogP contribution in [0.15, 0.2) is 54.6 Å². The second-order valence-corrected chi connectivity index (χ2v) is 9.66. The van der Waals surface area contributed by atoms with E-state index in [1.807, 2.05) is 47.4 Å². The first-order valence-electron chi connectivity index (χ1n) is 13.0. The Morgan fingerprint density at radius 3 is 2.26 bits per heavy atom. The second kappa shape index (κ2) is 12.9. The van der Waals surface area contributed by atoms with Gasteiger partial charge in [-0.15, -0.1) is 0 Å². The zero-order valence-electron chi connectivity index (χ0n) is 22.0. The maximum absolute atomic E-state index is 12.3. The molecule has 5 rings (SSSR count). The standard InChI is InChI=1S/C26H33N3O4.C2H2O4/c1-31-24-11-6-5-10-23(24)28-16-14-27(15-17-28)18-22-19-32-26(33-22,21-8-3-2-4-9-21)20-29-13-7-12-25(29)30;3-1(4)2(5)6/h2-6,8-11,22H,7,12-20H2,1H3;(H,3,4)(H,5,6)/t22-,26+;/m0./s1. The van der Waals surface area contributed by atoms with E-state index in [0.29, 0.717) is 19.6 Å². The van der Waals surface area contributed by atoms with Gasteiger partial charge in [-0.05, 0) is 18.6 Å². The number of hydrogen-bond acceptors (Lipinski definition) is 8. The molecule has 2 aromatic rings. The molecule has 3 aliphatic rings. The van der Waals surface area contributed by atoms with Crippen molar-refractivity contribution in [1.29, 1.82) is 0 Å². The van der Waals surface area contributed by atoms with Crippen molar-refractivity contribution in [2.75, 3.05) is 64.4 Å². The minimum atomic E-state index is -1.82. The molecule has 2 aromatic carbocycles. The number of aliphatic carboxylic acids is 2. The number of carboxylic acid groups (broad SMARTS) is 2. The van der Waals surface area contributed by atoms with Gasteiger partial charge in [0.15, 0.2) is 0 Å². The summed E-state index contributed by atoms with van der Waals surface area (Å²) < 4.78 is 18.5. The Hall–Kier alpha value is -3.67. The number of methoxy groups -OCH3 is 1. The molecule has 39 heavy (non-hydrogen) atoms. The van der Waals surface area contributed by atoms with Crippen molar-refractivity contribution in [3.05, 3.63) is 60.2 Å². The van der Waals surface area contributed by atoms with Crippen LogP contribution in [0.3, 0.4) is 0 Å². The number of ether oxygens (including phenoxy) is 3. The zero-order valence-corrected chi connectivity index (χ0v) is 22.0. The number of rotatable bonds is 7. The highest BCUT2D eigenvalue weighted by Crippen LogP contribution is 2.37. The molecule has 3 aliphatic heterocycles. The van der Waals surface area contributed by atoms with Gasteiger partial charge in [-0.1, -0.05) is 42.5 Å². The van der Waals surface area contributed by atoms with Crippen molar-refractivity contribution in [2.45, 2.75) is 24.7 Å². The average Bonchev–Trinajstić information content (AvgIpc) is 3.56. The lowest BCUT2D eigenvalue weighted by atomic mass is 10.1. The van der Waals surface area contributed by atoms with Crippen LogP contribution in [0.1, 0.15) is 18.4 Å². The second-order valence-electron chi connectivity index (χ2n) is 9.66. The fourth-order valence-corrected chi connectivity index (χ4v) is 5.15. The van der Waals surface area contributed by atoms with Gasteiger partial charge in [0, 0.05) is 51.3 Å². The van der Waals surface area contributed by atoms with Crippen molar-refractivity contribution in [1.82, 2.24) is 9.80 Å². The molecule has 3 heterocycles. The molecule has 0 saturated carbocycles. The summed E-state index contributed by atoms with van der Waals surface area (Å²) in [6.45, 7) is 6.39. The SMILES string of the molecule is COc1ccccc1N1CCN(C[C@H]2CO[C@@](CN3CCCC3=O)(c3ccccc3)O2)CC1.O=C(O)C(=O)O. The third-order valence-electron chi connectivity index (χ3n) is 7.09. The van der Waals surface area contributed by atoms with E-state index >= 15 is 0 Å². The number of benzene rings is 2. The Labute approximate surface area is 227 Å². The summed E-state index contributed by atoms with van der Waals surface area (Å²) in [4.78, 5) is 37.2. The molecule has 0 spiro atoms. The Kier molecular flexibility index (Phi) is 9.39. The highest BCUT2D eigenvalue weighted by atomic mass is 16.7. The first-order valence-corrected chi connectivity index (χ1v) is 13.0. The van der Waals surface area contributed by atoms with Gasteiger partial charge in [0.05, 0.1) is 32.1 Å². The number of carbonyl (C=O) groups excluding carboxylic acids is 1. The highest BCUT2D eigenvalue weighted by molar-refractivity contribution is 6.27. The maximum Gasteiger partial charge on any atom is 0.414 e. The average molecular weight is 542 g/mol. The van der Waals surface area contributed by atoms with Gasteiger partial charge in [-0.25, -0.2) is 9.59 Å². The molecule has 1 amide bonds. The quantitative estimate of drug-likeness (QED) is 0.501. The Morgan fingerprint density at radius 1 is 0.974 bits per heavy atom. The first-order chi connectivity index (χ1) is 18.8. The van der Waals surface area contributed by atoms with Crippen molar-refractivity contribution in [3.8, 4) is 5.75 Å². The highest BCUT2D eigenvalue weighted by Gasteiger charge is 2.46. The summed E-state index contributed by atoms with van der Waals surface area (Å²) in [6.07, 6.45) is 1.50. The molecule has 210 valence electrons. The number of para-hydroxylation sites is 2. The molecule has 11 nitrogen and oxygen atoms in total. The molecule has 0 bridgehead atoms. The van der Waals surface area contributed by atoms with Crippen LogP contribution in [-0.4, -0.2) is 103 Å². The molecule has 3 fully saturated rings. The number of piperazine rings is 1. The summed E-state index contributed by atoms with van der Waals surface area (Å²) in [6, 6.07) is 18.3. The molecule has 11 heteroatoms. The monoisotopic (exact) mass is 541 g/mol. The van der Waals surface area contributed by atoms with Crippen LogP contribution < -0.4 is 9.64 Å². The molecular formula is C28H35N3O8. The predicted molar refractivity (Wildman–Crippen MR) is 142 cm³/mol. The molecular weight excluding hydrogens is 506 g/mol. The molecule has 2 atom stereocenters. The fraction of sp³-hybridized carbons (Fsp3) is 0.464. The van der Waals surface area contributed by atoms with Crippen molar-refractivity contribution < 1.29 is 38.8 Å². The summed E-state index contributed by atoms with van der Waals surface area (Å²) in [5.41, 5.74) is 2.13. The lowest BCUT2D eigenvalue weighted by Gasteiger charge is -2.37. The molecule has 0 aromatic heterocycles. The lowest BCUT2D eigenvalue weighted by molar-refractivity contribution is -0.191. The molecule has 0 radical (unpaired) electrons. The summed E-state index contributed by atoms with van der Waals surface area (Å²) in [7, 11) is 1.72. The Bertz CT molecular complexity index is 1130. The van der Waals surface area contributed by atoms with Gasteiger partial charge >= 0.3 is 11.9 Å².